The van der Waals surface area contributed by atoms with Crippen molar-refractivity contribution in [3.63, 3.8) is 0 Å². The lowest BCUT2D eigenvalue weighted by atomic mass is 10.1. The van der Waals surface area contributed by atoms with Gasteiger partial charge in [0.05, 0.1) is 11.3 Å². The van der Waals surface area contributed by atoms with Crippen LogP contribution in [0.4, 0.5) is 11.4 Å². The summed E-state index contributed by atoms with van der Waals surface area (Å²) in [4.78, 5) is 50.2. The van der Waals surface area contributed by atoms with Crippen LogP contribution >= 0.6 is 0 Å². The highest BCUT2D eigenvalue weighted by atomic mass is 16.5. The van der Waals surface area contributed by atoms with E-state index in [2.05, 4.69) is 5.32 Å². The topological polar surface area (TPSA) is 92.8 Å². The third kappa shape index (κ3) is 4.68. The number of hydrogen-bond donors (Lipinski definition) is 1. The van der Waals surface area contributed by atoms with Gasteiger partial charge in [-0.25, -0.2) is 4.79 Å². The summed E-state index contributed by atoms with van der Waals surface area (Å²) in [5.41, 5.74) is 1.63. The highest BCUT2D eigenvalue weighted by molar-refractivity contribution is 6.05. The smallest absolute Gasteiger partial charge is 0.341 e. The van der Waals surface area contributed by atoms with Gasteiger partial charge in [-0.15, -0.1) is 0 Å². The Morgan fingerprint density at radius 2 is 1.86 bits per heavy atom. The lowest BCUT2D eigenvalue weighted by molar-refractivity contribution is -0.123. The summed E-state index contributed by atoms with van der Waals surface area (Å²) in [6.07, 6.45) is 0.118. The lowest BCUT2D eigenvalue weighted by Gasteiger charge is -2.20. The van der Waals surface area contributed by atoms with E-state index < -0.39 is 18.0 Å². The van der Waals surface area contributed by atoms with E-state index in [0.29, 0.717) is 29.9 Å². The third-order valence-electron chi connectivity index (χ3n) is 4.68. The van der Waals surface area contributed by atoms with Gasteiger partial charge in [0.2, 0.25) is 5.91 Å². The molecule has 1 fully saturated rings. The quantitative estimate of drug-likeness (QED) is 0.600. The van der Waals surface area contributed by atoms with E-state index in [0.717, 1.165) is 6.42 Å². The fourth-order valence-corrected chi connectivity index (χ4v) is 3.12. The Balaban J connectivity index is 1.69. The molecule has 0 spiro atoms. The molecule has 29 heavy (non-hydrogen) atoms. The minimum Gasteiger partial charge on any atom is -0.449 e. The SMILES string of the molecule is CC(=O)c1cccc(NC(=O)[C@H](C)OC(=O)c2ccccc2N2CCCC2=O)c1. The van der Waals surface area contributed by atoms with Gasteiger partial charge < -0.3 is 15.0 Å². The van der Waals surface area contributed by atoms with Crippen LogP contribution in [0.5, 0.6) is 0 Å². The maximum absolute atomic E-state index is 12.7. The van der Waals surface area contributed by atoms with Crippen molar-refractivity contribution in [2.24, 2.45) is 0 Å². The minimum atomic E-state index is -1.06. The molecule has 1 aliphatic heterocycles. The van der Waals surface area contributed by atoms with Crippen LogP contribution < -0.4 is 10.2 Å². The molecular formula is C22H22N2O5. The fraction of sp³-hybridized carbons (Fsp3) is 0.273. The van der Waals surface area contributed by atoms with Crippen LogP contribution in [-0.2, 0) is 14.3 Å². The van der Waals surface area contributed by atoms with E-state index >= 15 is 0 Å². The van der Waals surface area contributed by atoms with E-state index in [4.69, 9.17) is 4.74 Å². The Morgan fingerprint density at radius 3 is 2.55 bits per heavy atom. The van der Waals surface area contributed by atoms with Crippen LogP contribution in [0.3, 0.4) is 0 Å². The lowest BCUT2D eigenvalue weighted by Crippen LogP contribution is -2.31. The van der Waals surface area contributed by atoms with E-state index in [1.807, 2.05) is 0 Å². The van der Waals surface area contributed by atoms with Crippen LogP contribution in [0.25, 0.3) is 0 Å². The van der Waals surface area contributed by atoms with E-state index in [9.17, 15) is 19.2 Å². The molecule has 1 atom stereocenters. The number of para-hydroxylation sites is 1. The molecule has 1 saturated heterocycles. The predicted octanol–water partition coefficient (Wildman–Crippen LogP) is 3.20. The molecule has 0 saturated carbocycles. The Morgan fingerprint density at radius 1 is 1.10 bits per heavy atom. The molecule has 7 heteroatoms. The molecule has 3 rings (SSSR count). The molecule has 7 nitrogen and oxygen atoms in total. The molecule has 2 aromatic rings. The molecular weight excluding hydrogens is 372 g/mol. The van der Waals surface area contributed by atoms with Crippen LogP contribution in [0, 0.1) is 0 Å². The van der Waals surface area contributed by atoms with Crippen LogP contribution in [0.15, 0.2) is 48.5 Å². The number of anilines is 2. The number of ketones is 1. The largest absolute Gasteiger partial charge is 0.449 e. The Kier molecular flexibility index (Phi) is 6.07. The number of hydrogen-bond acceptors (Lipinski definition) is 5. The molecule has 0 bridgehead atoms. The first-order valence-electron chi connectivity index (χ1n) is 9.39. The number of carbonyl (C=O) groups excluding carboxylic acids is 4. The number of benzene rings is 2. The zero-order chi connectivity index (χ0) is 21.0. The van der Waals surface area contributed by atoms with Crippen molar-refractivity contribution < 1.29 is 23.9 Å². The number of nitrogens with one attached hydrogen (secondary N) is 1. The first kappa shape index (κ1) is 20.3. The summed E-state index contributed by atoms with van der Waals surface area (Å²) in [5, 5.41) is 2.64. The molecule has 150 valence electrons. The van der Waals surface area contributed by atoms with Crippen LogP contribution in [0.2, 0.25) is 0 Å². The summed E-state index contributed by atoms with van der Waals surface area (Å²) in [6.45, 7) is 3.45. The highest BCUT2D eigenvalue weighted by Crippen LogP contribution is 2.26. The predicted molar refractivity (Wildman–Crippen MR) is 108 cm³/mol. The minimum absolute atomic E-state index is 0.0404. The normalized spacial score (nSPS) is 14.4. The van der Waals surface area contributed by atoms with Crippen molar-refractivity contribution in [1.82, 2.24) is 0 Å². The second-order valence-corrected chi connectivity index (χ2v) is 6.84. The summed E-state index contributed by atoms with van der Waals surface area (Å²) in [7, 11) is 0. The van der Waals surface area contributed by atoms with Crippen molar-refractivity contribution >= 4 is 34.9 Å². The fourth-order valence-electron chi connectivity index (χ4n) is 3.12. The van der Waals surface area contributed by atoms with E-state index in [1.165, 1.54) is 13.8 Å². The zero-order valence-electron chi connectivity index (χ0n) is 16.3. The molecule has 1 N–H and O–H groups in total. The molecule has 2 aromatic carbocycles. The number of Topliss-reactive ketones (excluding diaryl/α,β-unsaturated/α-hetero) is 1. The Bertz CT molecular complexity index is 969. The van der Waals surface area contributed by atoms with Crippen LogP contribution in [-0.4, -0.2) is 36.2 Å². The first-order chi connectivity index (χ1) is 13.9. The summed E-state index contributed by atoms with van der Waals surface area (Å²) >= 11 is 0. The van der Waals surface area contributed by atoms with Gasteiger partial charge in [0.1, 0.15) is 0 Å². The van der Waals surface area contributed by atoms with Gasteiger partial charge in [-0.05, 0) is 44.5 Å². The Labute approximate surface area is 168 Å². The molecule has 0 radical (unpaired) electrons. The monoisotopic (exact) mass is 394 g/mol. The number of carbonyl (C=O) groups is 4. The van der Waals surface area contributed by atoms with Crippen LogP contribution in [0.1, 0.15) is 47.4 Å². The number of amides is 2. The summed E-state index contributed by atoms with van der Waals surface area (Å²) < 4.78 is 5.33. The zero-order valence-corrected chi connectivity index (χ0v) is 16.3. The van der Waals surface area contributed by atoms with Gasteiger partial charge in [0.25, 0.3) is 5.91 Å². The van der Waals surface area contributed by atoms with E-state index in [1.54, 1.807) is 53.4 Å². The standard InChI is InChI=1S/C22H22N2O5/c1-14(25)16-7-5-8-17(13-16)23-21(27)15(2)29-22(28)18-9-3-4-10-19(18)24-12-6-11-20(24)26/h3-5,7-10,13,15H,6,11-12H2,1-2H3,(H,23,27)/t15-/m0/s1. The van der Waals surface area contributed by atoms with Gasteiger partial charge in [0.15, 0.2) is 11.9 Å². The molecule has 0 aromatic heterocycles. The highest BCUT2D eigenvalue weighted by Gasteiger charge is 2.27. The first-order valence-corrected chi connectivity index (χ1v) is 9.39. The van der Waals surface area contributed by atoms with Gasteiger partial charge >= 0.3 is 5.97 Å². The summed E-state index contributed by atoms with van der Waals surface area (Å²) in [5.74, 6) is -1.36. The maximum atomic E-state index is 12.7. The second kappa shape index (κ2) is 8.68. The van der Waals surface area contributed by atoms with Gasteiger partial charge in [-0.1, -0.05) is 24.3 Å². The third-order valence-corrected chi connectivity index (χ3v) is 4.68. The van der Waals surface area contributed by atoms with Crippen molar-refractivity contribution in [2.45, 2.75) is 32.8 Å². The molecule has 1 heterocycles. The van der Waals surface area contributed by atoms with Crippen molar-refractivity contribution in [3.8, 4) is 0 Å². The number of rotatable bonds is 6. The second-order valence-electron chi connectivity index (χ2n) is 6.84. The van der Waals surface area contributed by atoms with Gasteiger partial charge in [0, 0.05) is 24.2 Å². The van der Waals surface area contributed by atoms with Crippen molar-refractivity contribution in [1.29, 1.82) is 0 Å². The average Bonchev–Trinajstić information content (AvgIpc) is 3.13. The number of ether oxygens (including phenoxy) is 1. The maximum Gasteiger partial charge on any atom is 0.341 e. The molecule has 0 unspecified atom stereocenters. The van der Waals surface area contributed by atoms with Gasteiger partial charge in [-0.2, -0.15) is 0 Å². The molecule has 0 aliphatic carbocycles. The number of nitrogens with zero attached hydrogens (tertiary/aromatic N) is 1. The Hall–Kier alpha value is -3.48. The van der Waals surface area contributed by atoms with Crippen molar-refractivity contribution in [3.05, 3.63) is 59.7 Å². The average molecular weight is 394 g/mol. The van der Waals surface area contributed by atoms with Crippen molar-refractivity contribution in [2.75, 3.05) is 16.8 Å². The number of esters is 1. The van der Waals surface area contributed by atoms with Gasteiger partial charge in [-0.3, -0.25) is 14.4 Å². The molecule has 1 aliphatic rings. The molecule has 2 amide bonds. The van der Waals surface area contributed by atoms with E-state index in [-0.39, 0.29) is 17.3 Å². The summed E-state index contributed by atoms with van der Waals surface area (Å²) in [6, 6.07) is 13.2.